The molecule has 2 aliphatic heterocycles. The summed E-state index contributed by atoms with van der Waals surface area (Å²) in [6.45, 7) is 4.01. The summed E-state index contributed by atoms with van der Waals surface area (Å²) in [6, 6.07) is 9.48. The summed E-state index contributed by atoms with van der Waals surface area (Å²) >= 11 is 0. The molecule has 2 heterocycles. The molecule has 7 nitrogen and oxygen atoms in total. The number of rotatable bonds is 5. The van der Waals surface area contributed by atoms with Crippen molar-refractivity contribution in [3.63, 3.8) is 0 Å². The maximum atomic E-state index is 13.4. The first kappa shape index (κ1) is 20.8. The Morgan fingerprint density at radius 3 is 2.23 bits per heavy atom. The molecular formula is C24H25NO6. The maximum absolute atomic E-state index is 13.4. The Hall–Kier alpha value is -3.48. The highest BCUT2D eigenvalue weighted by molar-refractivity contribution is 6.06. The molecule has 0 radical (unpaired) electrons. The Labute approximate surface area is 181 Å². The molecule has 31 heavy (non-hydrogen) atoms. The number of carbonyl (C=O) groups excluding carboxylic acids is 2. The largest absolute Gasteiger partial charge is 0.493 e. The Morgan fingerprint density at radius 1 is 0.935 bits per heavy atom. The number of methoxy groups -OCH3 is 3. The fourth-order valence-corrected chi connectivity index (χ4v) is 4.50. The Balaban J connectivity index is 1.88. The van der Waals surface area contributed by atoms with E-state index in [1.165, 1.54) is 21.3 Å². The monoisotopic (exact) mass is 423 g/mol. The van der Waals surface area contributed by atoms with Gasteiger partial charge in [0, 0.05) is 23.6 Å². The summed E-state index contributed by atoms with van der Waals surface area (Å²) in [5.41, 5.74) is 4.56. The topological polar surface area (TPSA) is 74.3 Å². The Bertz CT molecular complexity index is 1080. The smallest absolute Gasteiger partial charge is 0.336 e. The second kappa shape index (κ2) is 7.98. The zero-order valence-corrected chi connectivity index (χ0v) is 18.3. The van der Waals surface area contributed by atoms with Crippen molar-refractivity contribution in [2.45, 2.75) is 26.2 Å². The van der Waals surface area contributed by atoms with Gasteiger partial charge in [-0.15, -0.1) is 0 Å². The molecular weight excluding hydrogens is 398 g/mol. The van der Waals surface area contributed by atoms with Crippen molar-refractivity contribution in [3.05, 3.63) is 58.3 Å². The van der Waals surface area contributed by atoms with Crippen molar-refractivity contribution in [1.29, 1.82) is 0 Å². The predicted octanol–water partition coefficient (Wildman–Crippen LogP) is 3.66. The predicted molar refractivity (Wildman–Crippen MR) is 115 cm³/mol. The number of nitrogens with zero attached hydrogens (tertiary/aromatic N) is 1. The molecule has 0 N–H and O–H groups in total. The van der Waals surface area contributed by atoms with E-state index in [0.717, 1.165) is 16.8 Å². The molecule has 0 fully saturated rings. The number of ether oxygens (including phenoxy) is 4. The SMILES string of the molecule is COc1ccc(C2CC(=O)N(c3cc(C)cc(C)c3)C3=C2C(=O)OC3)c(OC)c1OC. The van der Waals surface area contributed by atoms with Crippen molar-refractivity contribution < 1.29 is 28.5 Å². The normalized spacial score (nSPS) is 18.1. The van der Waals surface area contributed by atoms with Gasteiger partial charge in [0.1, 0.15) is 6.61 Å². The third kappa shape index (κ3) is 3.40. The zero-order chi connectivity index (χ0) is 22.3. The molecule has 2 aromatic rings. The van der Waals surface area contributed by atoms with E-state index in [9.17, 15) is 9.59 Å². The number of aryl methyl sites for hydroxylation is 2. The van der Waals surface area contributed by atoms with Gasteiger partial charge in [0.25, 0.3) is 0 Å². The van der Waals surface area contributed by atoms with Crippen LogP contribution in [0.15, 0.2) is 41.6 Å². The molecule has 1 atom stereocenters. The summed E-state index contributed by atoms with van der Waals surface area (Å²) in [4.78, 5) is 27.7. The van der Waals surface area contributed by atoms with Gasteiger partial charge in [-0.25, -0.2) is 4.79 Å². The van der Waals surface area contributed by atoms with Crippen molar-refractivity contribution >= 4 is 17.6 Å². The van der Waals surface area contributed by atoms with Crippen LogP contribution in [0.1, 0.15) is 29.0 Å². The second-order valence-electron chi connectivity index (χ2n) is 7.69. The highest BCUT2D eigenvalue weighted by Crippen LogP contribution is 2.49. The van der Waals surface area contributed by atoms with E-state index in [2.05, 4.69) is 0 Å². The van der Waals surface area contributed by atoms with Crippen LogP contribution < -0.4 is 19.1 Å². The molecule has 0 bridgehead atoms. The quantitative estimate of drug-likeness (QED) is 0.684. The molecule has 1 unspecified atom stereocenters. The van der Waals surface area contributed by atoms with Crippen LogP contribution in [-0.4, -0.2) is 39.8 Å². The molecule has 0 saturated carbocycles. The molecule has 1 amide bonds. The number of carbonyl (C=O) groups is 2. The number of anilines is 1. The van der Waals surface area contributed by atoms with Gasteiger partial charge in [-0.3, -0.25) is 9.69 Å². The number of hydrogen-bond donors (Lipinski definition) is 0. The minimum atomic E-state index is -0.505. The molecule has 2 aromatic carbocycles. The van der Waals surface area contributed by atoms with E-state index in [1.807, 2.05) is 32.0 Å². The van der Waals surface area contributed by atoms with Crippen molar-refractivity contribution in [1.82, 2.24) is 0 Å². The summed E-state index contributed by atoms with van der Waals surface area (Å²) < 4.78 is 21.9. The zero-order valence-electron chi connectivity index (χ0n) is 18.3. The van der Waals surface area contributed by atoms with Gasteiger partial charge in [0.2, 0.25) is 11.7 Å². The minimum Gasteiger partial charge on any atom is -0.493 e. The molecule has 4 rings (SSSR count). The van der Waals surface area contributed by atoms with Gasteiger partial charge in [-0.05, 0) is 43.2 Å². The summed E-state index contributed by atoms with van der Waals surface area (Å²) in [7, 11) is 4.58. The van der Waals surface area contributed by atoms with E-state index in [1.54, 1.807) is 17.0 Å². The third-order valence-corrected chi connectivity index (χ3v) is 5.69. The lowest BCUT2D eigenvalue weighted by Crippen LogP contribution is -2.37. The molecule has 0 aliphatic carbocycles. The summed E-state index contributed by atoms with van der Waals surface area (Å²) in [5, 5.41) is 0. The second-order valence-corrected chi connectivity index (χ2v) is 7.69. The lowest BCUT2D eigenvalue weighted by atomic mass is 9.83. The number of esters is 1. The average molecular weight is 423 g/mol. The lowest BCUT2D eigenvalue weighted by Gasteiger charge is -2.33. The lowest BCUT2D eigenvalue weighted by molar-refractivity contribution is -0.136. The summed E-state index contributed by atoms with van der Waals surface area (Å²) in [5.74, 6) is 0.327. The van der Waals surface area contributed by atoms with E-state index in [0.29, 0.717) is 34.1 Å². The molecule has 162 valence electrons. The van der Waals surface area contributed by atoms with E-state index >= 15 is 0 Å². The van der Waals surface area contributed by atoms with E-state index in [4.69, 9.17) is 18.9 Å². The first-order chi connectivity index (χ1) is 14.9. The number of benzene rings is 2. The molecule has 2 aliphatic rings. The van der Waals surface area contributed by atoms with Gasteiger partial charge in [-0.2, -0.15) is 0 Å². The van der Waals surface area contributed by atoms with Gasteiger partial charge >= 0.3 is 5.97 Å². The van der Waals surface area contributed by atoms with Crippen molar-refractivity contribution in [3.8, 4) is 17.2 Å². The van der Waals surface area contributed by atoms with Crippen LogP contribution in [0.25, 0.3) is 0 Å². The first-order valence-corrected chi connectivity index (χ1v) is 9.99. The van der Waals surface area contributed by atoms with Crippen molar-refractivity contribution in [2.75, 3.05) is 32.8 Å². The molecule has 0 spiro atoms. The fourth-order valence-electron chi connectivity index (χ4n) is 4.50. The Morgan fingerprint density at radius 2 is 1.61 bits per heavy atom. The van der Waals surface area contributed by atoms with Crippen LogP contribution in [0.3, 0.4) is 0 Å². The van der Waals surface area contributed by atoms with Crippen LogP contribution >= 0.6 is 0 Å². The Kier molecular flexibility index (Phi) is 5.35. The van der Waals surface area contributed by atoms with E-state index in [-0.39, 0.29) is 18.9 Å². The number of amides is 1. The molecule has 7 heteroatoms. The fraction of sp³-hybridized carbons (Fsp3) is 0.333. The van der Waals surface area contributed by atoms with Crippen LogP contribution in [0.5, 0.6) is 17.2 Å². The average Bonchev–Trinajstić information content (AvgIpc) is 3.12. The van der Waals surface area contributed by atoms with Gasteiger partial charge < -0.3 is 18.9 Å². The van der Waals surface area contributed by atoms with Crippen LogP contribution in [0.4, 0.5) is 5.69 Å². The standard InChI is InChI=1S/C24H25NO6/c1-13-8-14(2)10-15(9-13)25-18-12-31-24(27)21(18)17(11-20(25)26)16-6-7-19(28-3)23(30-5)22(16)29-4/h6-10,17H,11-12H2,1-5H3. The van der Waals surface area contributed by atoms with Gasteiger partial charge in [-0.1, -0.05) is 12.1 Å². The molecule has 0 aromatic heterocycles. The minimum absolute atomic E-state index is 0.0546. The number of cyclic esters (lactones) is 1. The first-order valence-electron chi connectivity index (χ1n) is 9.99. The highest BCUT2D eigenvalue weighted by Gasteiger charge is 2.44. The van der Waals surface area contributed by atoms with Crippen molar-refractivity contribution in [2.24, 2.45) is 0 Å². The van der Waals surface area contributed by atoms with Crippen LogP contribution in [0.2, 0.25) is 0 Å². The van der Waals surface area contributed by atoms with Gasteiger partial charge in [0.05, 0.1) is 32.6 Å². The maximum Gasteiger partial charge on any atom is 0.336 e. The van der Waals surface area contributed by atoms with Crippen LogP contribution in [0, 0.1) is 13.8 Å². The van der Waals surface area contributed by atoms with Crippen LogP contribution in [-0.2, 0) is 14.3 Å². The van der Waals surface area contributed by atoms with Gasteiger partial charge in [0.15, 0.2) is 11.5 Å². The van der Waals surface area contributed by atoms with E-state index < -0.39 is 11.9 Å². The highest BCUT2D eigenvalue weighted by atomic mass is 16.5. The molecule has 0 saturated heterocycles. The number of hydrogen-bond acceptors (Lipinski definition) is 6. The summed E-state index contributed by atoms with van der Waals surface area (Å²) in [6.07, 6.45) is 0.104. The third-order valence-electron chi connectivity index (χ3n) is 5.69.